The van der Waals surface area contributed by atoms with Crippen LogP contribution in [0.5, 0.6) is 0 Å². The molecule has 0 fully saturated rings. The fourth-order valence-electron chi connectivity index (χ4n) is 5.33. The molecule has 0 radical (unpaired) electrons. The molecule has 0 N–H and O–H groups in total. The summed E-state index contributed by atoms with van der Waals surface area (Å²) in [6, 6.07) is 35.6. The average molecular weight is 530 g/mol. The van der Waals surface area contributed by atoms with E-state index in [0.717, 1.165) is 46.2 Å². The van der Waals surface area contributed by atoms with Crippen molar-refractivity contribution in [1.29, 1.82) is 5.26 Å². The molecule has 40 heavy (non-hydrogen) atoms. The maximum atomic E-state index is 14.5. The van der Waals surface area contributed by atoms with Crippen LogP contribution in [0.2, 0.25) is 0 Å². The zero-order valence-corrected chi connectivity index (χ0v) is 24.1. The van der Waals surface area contributed by atoms with Crippen molar-refractivity contribution in [2.75, 3.05) is 6.61 Å². The van der Waals surface area contributed by atoms with Crippen LogP contribution in [0.15, 0.2) is 97.1 Å². The van der Waals surface area contributed by atoms with Gasteiger partial charge in [0.1, 0.15) is 12.0 Å². The van der Waals surface area contributed by atoms with Crippen LogP contribution in [0, 0.1) is 39.0 Å². The van der Waals surface area contributed by atoms with Gasteiger partial charge in [-0.15, -0.1) is 0 Å². The summed E-state index contributed by atoms with van der Waals surface area (Å²) in [5.41, 5.74) is 7.77. The molecule has 0 bridgehead atoms. The van der Waals surface area contributed by atoms with Gasteiger partial charge in [0.15, 0.2) is 0 Å². The number of rotatable bonds is 11. The molecule has 0 amide bonds. The second kappa shape index (κ2) is 13.3. The van der Waals surface area contributed by atoms with E-state index >= 15 is 0 Å². The fraction of sp³-hybridized carbons (Fsp3) is 0.297. The lowest BCUT2D eigenvalue weighted by Gasteiger charge is -2.34. The number of ether oxygens (including phenoxy) is 1. The third-order valence-corrected chi connectivity index (χ3v) is 7.87. The van der Waals surface area contributed by atoms with Gasteiger partial charge in [-0.1, -0.05) is 126 Å². The van der Waals surface area contributed by atoms with Gasteiger partial charge >= 0.3 is 5.97 Å². The molecule has 4 rings (SSSR count). The van der Waals surface area contributed by atoms with E-state index in [9.17, 15) is 4.79 Å². The summed E-state index contributed by atoms with van der Waals surface area (Å²) in [5.74, 6) is -0.334. The van der Waals surface area contributed by atoms with Crippen LogP contribution in [0.4, 0.5) is 0 Å². The van der Waals surface area contributed by atoms with E-state index in [1.807, 2.05) is 0 Å². The molecule has 0 aliphatic carbocycles. The average Bonchev–Trinajstić information content (AvgIpc) is 2.96. The maximum absolute atomic E-state index is 14.5. The predicted octanol–water partition coefficient (Wildman–Crippen LogP) is 8.67. The number of nitriles is 1. The number of benzene rings is 4. The molecule has 0 aliphatic rings. The topological polar surface area (TPSA) is 50.1 Å². The molecule has 0 saturated heterocycles. The largest absolute Gasteiger partial charge is 0.464 e. The van der Waals surface area contributed by atoms with Gasteiger partial charge in [-0.3, -0.25) is 4.79 Å². The molecule has 3 nitrogen and oxygen atoms in total. The number of esters is 1. The third kappa shape index (κ3) is 6.69. The summed E-state index contributed by atoms with van der Waals surface area (Å²) in [6.07, 6.45) is 2.51. The van der Waals surface area contributed by atoms with Crippen LogP contribution in [0.3, 0.4) is 0 Å². The van der Waals surface area contributed by atoms with Crippen molar-refractivity contribution in [2.45, 2.75) is 64.7 Å². The van der Waals surface area contributed by atoms with Crippen LogP contribution < -0.4 is 0 Å². The van der Waals surface area contributed by atoms with E-state index in [-0.39, 0.29) is 18.5 Å². The van der Waals surface area contributed by atoms with Crippen molar-refractivity contribution in [1.82, 2.24) is 0 Å². The monoisotopic (exact) mass is 529 g/mol. The Balaban J connectivity index is 1.75. The fourth-order valence-corrected chi connectivity index (χ4v) is 5.33. The van der Waals surface area contributed by atoms with E-state index < -0.39 is 5.41 Å². The summed E-state index contributed by atoms with van der Waals surface area (Å²) in [5, 5.41) is 9.15. The summed E-state index contributed by atoms with van der Waals surface area (Å²) >= 11 is 0. The summed E-state index contributed by atoms with van der Waals surface area (Å²) in [7, 11) is 0. The minimum absolute atomic E-state index is 0.0857. The normalized spacial score (nSPS) is 11.3. The van der Waals surface area contributed by atoms with Crippen molar-refractivity contribution in [2.24, 2.45) is 0 Å². The Morgan fingerprint density at radius 3 is 1.48 bits per heavy atom. The minimum atomic E-state index is -0.970. The van der Waals surface area contributed by atoms with E-state index in [4.69, 9.17) is 10.00 Å². The molecule has 0 heterocycles. The van der Waals surface area contributed by atoms with Crippen molar-refractivity contribution in [3.63, 3.8) is 0 Å². The molecule has 4 aromatic carbocycles. The number of hydrogen-bond donors (Lipinski definition) is 0. The Morgan fingerprint density at radius 2 is 1.07 bits per heavy atom. The van der Waals surface area contributed by atoms with E-state index in [2.05, 4.69) is 131 Å². The number of unbranched alkanes of at least 4 members (excludes halogenated alkanes) is 2. The molecule has 0 aromatic heterocycles. The minimum Gasteiger partial charge on any atom is -0.464 e. The molecule has 0 aliphatic heterocycles. The number of carbonyl (C=O) groups excluding carboxylic acids is 1. The van der Waals surface area contributed by atoms with E-state index in [0.29, 0.717) is 12.8 Å². The van der Waals surface area contributed by atoms with Crippen LogP contribution >= 0.6 is 0 Å². The Morgan fingerprint density at radius 1 is 0.675 bits per heavy atom. The first kappa shape index (κ1) is 28.8. The van der Waals surface area contributed by atoms with Gasteiger partial charge in [-0.2, -0.15) is 5.26 Å². The van der Waals surface area contributed by atoms with Crippen LogP contribution in [-0.4, -0.2) is 12.6 Å². The van der Waals surface area contributed by atoms with Crippen molar-refractivity contribution < 1.29 is 9.53 Å². The first-order valence-corrected chi connectivity index (χ1v) is 14.1. The summed E-state index contributed by atoms with van der Waals surface area (Å²) < 4.78 is 6.36. The van der Waals surface area contributed by atoms with Gasteiger partial charge in [0, 0.05) is 12.3 Å². The van der Waals surface area contributed by atoms with Crippen LogP contribution in [0.1, 0.15) is 76.1 Å². The number of aryl methyl sites for hydroxylation is 4. The molecule has 4 aromatic rings. The van der Waals surface area contributed by atoms with Gasteiger partial charge in [-0.25, -0.2) is 0 Å². The Hall–Kier alpha value is -4.16. The van der Waals surface area contributed by atoms with Gasteiger partial charge in [0.2, 0.25) is 0 Å². The quantitative estimate of drug-likeness (QED) is 0.144. The zero-order valence-electron chi connectivity index (χ0n) is 24.1. The lowest BCUT2D eigenvalue weighted by Crippen LogP contribution is -2.39. The Bertz CT molecular complexity index is 1340. The zero-order chi connectivity index (χ0) is 28.5. The van der Waals surface area contributed by atoms with Crippen LogP contribution in [0.25, 0.3) is 0 Å². The van der Waals surface area contributed by atoms with Crippen molar-refractivity contribution >= 4 is 5.97 Å². The highest BCUT2D eigenvalue weighted by molar-refractivity contribution is 5.88. The highest BCUT2D eigenvalue weighted by Crippen LogP contribution is 2.40. The lowest BCUT2D eigenvalue weighted by molar-refractivity contribution is -0.149. The van der Waals surface area contributed by atoms with Crippen molar-refractivity contribution in [3.8, 4) is 6.07 Å². The lowest BCUT2D eigenvalue weighted by atomic mass is 9.70. The maximum Gasteiger partial charge on any atom is 0.321 e. The number of nitrogens with zero attached hydrogens (tertiary/aromatic N) is 1. The first-order valence-electron chi connectivity index (χ1n) is 14.1. The van der Waals surface area contributed by atoms with Gasteiger partial charge in [0.05, 0.1) is 6.07 Å². The summed E-state index contributed by atoms with van der Waals surface area (Å²) in [6.45, 7) is 8.50. The smallest absolute Gasteiger partial charge is 0.321 e. The standard InChI is InChI=1S/C37H39NO2/c1-27-8-16-31(17-9-27)35(32-18-10-28(2)11-19-32)26-40-36(39)37(24-6-5-7-25-38,33-20-12-29(3)13-21-33)34-22-14-30(4)15-23-34/h8-23,35H,5-7,24,26H2,1-4H3. The third-order valence-electron chi connectivity index (χ3n) is 7.87. The molecular formula is C37H39NO2. The molecular weight excluding hydrogens is 490 g/mol. The Kier molecular flexibility index (Phi) is 9.56. The molecule has 3 heteroatoms. The summed E-state index contributed by atoms with van der Waals surface area (Å²) in [4.78, 5) is 14.5. The predicted molar refractivity (Wildman–Crippen MR) is 162 cm³/mol. The van der Waals surface area contributed by atoms with Gasteiger partial charge in [-0.05, 0) is 62.8 Å². The molecule has 0 unspecified atom stereocenters. The van der Waals surface area contributed by atoms with Gasteiger partial charge < -0.3 is 4.74 Å². The Labute approximate surface area is 239 Å². The van der Waals surface area contributed by atoms with Crippen molar-refractivity contribution in [3.05, 3.63) is 142 Å². The second-order valence-electron chi connectivity index (χ2n) is 11.0. The first-order chi connectivity index (χ1) is 19.3. The second-order valence-corrected chi connectivity index (χ2v) is 11.0. The molecule has 0 saturated carbocycles. The van der Waals surface area contributed by atoms with E-state index in [1.54, 1.807) is 0 Å². The van der Waals surface area contributed by atoms with Crippen LogP contribution in [-0.2, 0) is 14.9 Å². The molecule has 0 atom stereocenters. The number of hydrogen-bond acceptors (Lipinski definition) is 3. The highest BCUT2D eigenvalue weighted by Gasteiger charge is 2.43. The van der Waals surface area contributed by atoms with Gasteiger partial charge in [0.25, 0.3) is 0 Å². The number of carbonyl (C=O) groups is 1. The molecule has 0 spiro atoms. The SMILES string of the molecule is Cc1ccc(C(COC(=O)C(CCCCC#N)(c2ccc(C)cc2)c2ccc(C)cc2)c2ccc(C)cc2)cc1. The van der Waals surface area contributed by atoms with E-state index in [1.165, 1.54) is 11.1 Å². The molecule has 204 valence electrons. The highest BCUT2D eigenvalue weighted by atomic mass is 16.5.